The van der Waals surface area contributed by atoms with E-state index >= 15 is 0 Å². The van der Waals surface area contributed by atoms with E-state index in [4.69, 9.17) is 5.73 Å². The molecule has 106 valence electrons. The number of rotatable bonds is 3. The van der Waals surface area contributed by atoms with Crippen LogP contribution < -0.4 is 15.5 Å². The minimum Gasteiger partial charge on any atom is -0.366 e. The van der Waals surface area contributed by atoms with E-state index in [1.165, 1.54) is 0 Å². The molecule has 0 saturated carbocycles. The van der Waals surface area contributed by atoms with E-state index in [0.29, 0.717) is 18.9 Å². The first-order valence-corrected chi connectivity index (χ1v) is 6.56. The van der Waals surface area contributed by atoms with Crippen molar-refractivity contribution in [3.63, 3.8) is 0 Å². The third-order valence-electron chi connectivity index (χ3n) is 3.26. The van der Waals surface area contributed by atoms with Crippen molar-refractivity contribution in [1.82, 2.24) is 0 Å². The zero-order valence-corrected chi connectivity index (χ0v) is 11.4. The van der Waals surface area contributed by atoms with Gasteiger partial charge in [-0.15, -0.1) is 0 Å². The Balaban J connectivity index is 2.03. The lowest BCUT2D eigenvalue weighted by Gasteiger charge is -2.28. The third-order valence-corrected chi connectivity index (χ3v) is 3.26. The van der Waals surface area contributed by atoms with E-state index in [1.54, 1.807) is 24.6 Å². The average molecular weight is 281 g/mol. The minimum atomic E-state index is -0.445. The first kappa shape index (κ1) is 13.1. The molecule has 0 atom stereocenters. The van der Waals surface area contributed by atoms with Crippen LogP contribution in [-0.2, 0) is 0 Å². The maximum atomic E-state index is 11.4. The molecule has 1 amide bonds. The van der Waals surface area contributed by atoms with Gasteiger partial charge in [0.05, 0.1) is 11.4 Å². The number of primary amides is 1. The van der Waals surface area contributed by atoms with Gasteiger partial charge in [0.15, 0.2) is 0 Å². The first-order valence-electron chi connectivity index (χ1n) is 6.56. The molecule has 1 aromatic rings. The van der Waals surface area contributed by atoms with Crippen molar-refractivity contribution in [2.75, 3.05) is 23.1 Å². The largest absolute Gasteiger partial charge is 0.366 e. The van der Waals surface area contributed by atoms with Crippen molar-refractivity contribution in [3.05, 3.63) is 48.3 Å². The molecule has 0 aliphatic carbocycles. The quantitative estimate of drug-likeness (QED) is 0.912. The Kier molecular flexibility index (Phi) is 3.51. The number of carbonyl (C=O) groups excluding carboxylic acids is 1. The second-order valence-corrected chi connectivity index (χ2v) is 4.64. The van der Waals surface area contributed by atoms with E-state index in [0.717, 1.165) is 11.4 Å². The molecule has 0 spiro atoms. The van der Waals surface area contributed by atoms with Crippen molar-refractivity contribution in [1.29, 1.82) is 0 Å². The van der Waals surface area contributed by atoms with E-state index in [9.17, 15) is 4.79 Å². The van der Waals surface area contributed by atoms with Gasteiger partial charge in [0.2, 0.25) is 5.91 Å². The highest BCUT2D eigenvalue weighted by atomic mass is 16.1. The van der Waals surface area contributed by atoms with Gasteiger partial charge in [-0.3, -0.25) is 14.8 Å². The van der Waals surface area contributed by atoms with Crippen molar-refractivity contribution >= 4 is 29.7 Å². The molecule has 0 radical (unpaired) electrons. The van der Waals surface area contributed by atoms with Gasteiger partial charge >= 0.3 is 0 Å². The highest BCUT2D eigenvalue weighted by Crippen LogP contribution is 2.32. The predicted molar refractivity (Wildman–Crippen MR) is 84.9 cm³/mol. The molecule has 1 aromatic carbocycles. The molecular formula is C15H15N5O. The summed E-state index contributed by atoms with van der Waals surface area (Å²) >= 11 is 0. The number of amides is 1. The Labute approximate surface area is 122 Å². The number of carbonyl (C=O) groups is 1. The summed E-state index contributed by atoms with van der Waals surface area (Å²) in [5.41, 5.74) is 7.69. The van der Waals surface area contributed by atoms with Crippen molar-refractivity contribution in [2.45, 2.75) is 0 Å². The van der Waals surface area contributed by atoms with Crippen LogP contribution in [0.4, 0.5) is 11.4 Å². The van der Waals surface area contributed by atoms with E-state index in [2.05, 4.69) is 9.98 Å². The zero-order chi connectivity index (χ0) is 14.7. The van der Waals surface area contributed by atoms with Crippen LogP contribution in [0, 0.1) is 0 Å². The Morgan fingerprint density at radius 3 is 2.14 bits per heavy atom. The Bertz CT molecular complexity index is 675. The molecule has 0 bridgehead atoms. The molecular weight excluding hydrogens is 266 g/mol. The van der Waals surface area contributed by atoms with Crippen LogP contribution in [-0.4, -0.2) is 31.7 Å². The second-order valence-electron chi connectivity index (χ2n) is 4.64. The summed E-state index contributed by atoms with van der Waals surface area (Å²) in [6.07, 6.45) is 11.1. The van der Waals surface area contributed by atoms with Crippen LogP contribution >= 0.6 is 0 Å². The lowest BCUT2D eigenvalue weighted by Crippen LogP contribution is -2.25. The van der Waals surface area contributed by atoms with Crippen LogP contribution in [0.5, 0.6) is 0 Å². The predicted octanol–water partition coefficient (Wildman–Crippen LogP) is 1.51. The lowest BCUT2D eigenvalue weighted by atomic mass is 10.1. The number of aliphatic imine (C=N–C) groups is 2. The summed E-state index contributed by atoms with van der Waals surface area (Å²) in [7, 11) is 0. The van der Waals surface area contributed by atoms with Crippen LogP contribution in [0.3, 0.4) is 0 Å². The van der Waals surface area contributed by atoms with Crippen LogP contribution in [0.15, 0.2) is 52.7 Å². The van der Waals surface area contributed by atoms with Gasteiger partial charge < -0.3 is 15.5 Å². The fourth-order valence-corrected chi connectivity index (χ4v) is 2.23. The molecule has 21 heavy (non-hydrogen) atoms. The van der Waals surface area contributed by atoms with Crippen LogP contribution in [0.2, 0.25) is 0 Å². The standard InChI is InChI=1S/C15H15N5O/c16-15(21)12-3-4-13(19-7-1-5-17-10-19)14(9-12)20-8-2-6-18-11-20/h1-9H,10-11H2,(H2,16,21). The molecule has 2 heterocycles. The van der Waals surface area contributed by atoms with Gasteiger partial charge in [-0.1, -0.05) is 0 Å². The topological polar surface area (TPSA) is 74.3 Å². The molecule has 6 nitrogen and oxygen atoms in total. The normalized spacial score (nSPS) is 16.6. The molecule has 0 aromatic heterocycles. The Hall–Kier alpha value is -2.89. The number of anilines is 2. The molecule has 2 N–H and O–H groups in total. The number of allylic oxidation sites excluding steroid dienone is 2. The molecule has 0 saturated heterocycles. The number of benzene rings is 1. The van der Waals surface area contributed by atoms with E-state index in [-0.39, 0.29) is 0 Å². The van der Waals surface area contributed by atoms with Crippen molar-refractivity contribution in [2.24, 2.45) is 15.7 Å². The molecule has 0 unspecified atom stereocenters. The zero-order valence-electron chi connectivity index (χ0n) is 11.4. The average Bonchev–Trinajstić information content (AvgIpc) is 2.56. The van der Waals surface area contributed by atoms with Gasteiger partial charge in [-0.05, 0) is 30.4 Å². The van der Waals surface area contributed by atoms with Crippen molar-refractivity contribution in [3.8, 4) is 0 Å². The minimum absolute atomic E-state index is 0.445. The highest BCUT2D eigenvalue weighted by molar-refractivity contribution is 5.95. The van der Waals surface area contributed by atoms with Gasteiger partial charge in [-0.2, -0.15) is 0 Å². The monoisotopic (exact) mass is 281 g/mol. The molecule has 0 fully saturated rings. The summed E-state index contributed by atoms with van der Waals surface area (Å²) in [5, 5.41) is 0. The number of nitrogens with two attached hydrogens (primary N) is 1. The summed E-state index contributed by atoms with van der Waals surface area (Å²) in [6.45, 7) is 1.05. The molecule has 2 aliphatic rings. The van der Waals surface area contributed by atoms with Gasteiger partial charge in [0.1, 0.15) is 13.3 Å². The Morgan fingerprint density at radius 1 is 1.00 bits per heavy atom. The van der Waals surface area contributed by atoms with Gasteiger partial charge in [0, 0.05) is 30.4 Å². The van der Waals surface area contributed by atoms with E-state index in [1.807, 2.05) is 40.4 Å². The smallest absolute Gasteiger partial charge is 0.248 e. The second kappa shape index (κ2) is 5.62. The third kappa shape index (κ3) is 2.69. The fraction of sp³-hybridized carbons (Fsp3) is 0.133. The summed E-state index contributed by atoms with van der Waals surface area (Å²) in [6, 6.07) is 5.39. The Morgan fingerprint density at radius 2 is 1.62 bits per heavy atom. The SMILES string of the molecule is NC(=O)c1ccc(N2C=CC=NC2)c(N2C=CC=NC2)c1. The fourth-order valence-electron chi connectivity index (χ4n) is 2.23. The number of hydrogen-bond acceptors (Lipinski definition) is 5. The first-order chi connectivity index (χ1) is 10.3. The van der Waals surface area contributed by atoms with Crippen molar-refractivity contribution < 1.29 is 4.79 Å². The number of nitrogens with zero attached hydrogens (tertiary/aromatic N) is 4. The molecule has 2 aliphatic heterocycles. The van der Waals surface area contributed by atoms with Gasteiger partial charge in [-0.25, -0.2) is 0 Å². The van der Waals surface area contributed by atoms with E-state index < -0.39 is 5.91 Å². The maximum absolute atomic E-state index is 11.4. The molecule has 6 heteroatoms. The molecule has 3 rings (SSSR count). The highest BCUT2D eigenvalue weighted by Gasteiger charge is 2.17. The summed E-state index contributed by atoms with van der Waals surface area (Å²) < 4.78 is 0. The van der Waals surface area contributed by atoms with Gasteiger partial charge in [0.25, 0.3) is 0 Å². The van der Waals surface area contributed by atoms with Crippen LogP contribution in [0.25, 0.3) is 0 Å². The van der Waals surface area contributed by atoms with Crippen LogP contribution in [0.1, 0.15) is 10.4 Å². The number of hydrogen-bond donors (Lipinski definition) is 1. The lowest BCUT2D eigenvalue weighted by molar-refractivity contribution is 0.100. The summed E-state index contributed by atoms with van der Waals surface area (Å²) in [4.78, 5) is 23.9. The maximum Gasteiger partial charge on any atom is 0.248 e. The summed E-state index contributed by atoms with van der Waals surface area (Å²) in [5.74, 6) is -0.445.